The standard InChI is InChI=1S/C20H17F3N6S2/c1-26-17-9-16(15-4-2-3-7-27-15)28-29-18(17)31-19(25)30-11-12-5-6-14(20(21,22)23)8-13(12)10-24/h2-9,25-26,28-29H,11H2,1H3. The summed E-state index contributed by atoms with van der Waals surface area (Å²) in [4.78, 5) is 4.29. The Labute approximate surface area is 185 Å². The summed E-state index contributed by atoms with van der Waals surface area (Å²) in [7, 11) is 1.76. The fourth-order valence-electron chi connectivity index (χ4n) is 2.61. The highest BCUT2D eigenvalue weighted by molar-refractivity contribution is 8.39. The van der Waals surface area contributed by atoms with E-state index < -0.39 is 11.7 Å². The van der Waals surface area contributed by atoms with Gasteiger partial charge < -0.3 is 5.32 Å². The monoisotopic (exact) mass is 462 g/mol. The molecule has 0 amide bonds. The molecule has 31 heavy (non-hydrogen) atoms. The van der Waals surface area contributed by atoms with Gasteiger partial charge in [0.05, 0.1) is 34.3 Å². The van der Waals surface area contributed by atoms with E-state index in [1.807, 2.05) is 24.3 Å². The zero-order valence-electron chi connectivity index (χ0n) is 16.2. The molecule has 1 aromatic carbocycles. The molecule has 0 aliphatic carbocycles. The average molecular weight is 463 g/mol. The van der Waals surface area contributed by atoms with Crippen molar-refractivity contribution in [1.82, 2.24) is 21.2 Å². The number of rotatable bonds is 5. The minimum Gasteiger partial charge on any atom is -0.386 e. The van der Waals surface area contributed by atoms with Gasteiger partial charge >= 0.3 is 6.18 Å². The summed E-state index contributed by atoms with van der Waals surface area (Å²) >= 11 is 2.28. The molecule has 0 bridgehead atoms. The highest BCUT2D eigenvalue weighted by Gasteiger charge is 2.31. The number of thioether (sulfide) groups is 2. The molecule has 2 aromatic rings. The lowest BCUT2D eigenvalue weighted by Gasteiger charge is -2.23. The van der Waals surface area contributed by atoms with Crippen LogP contribution in [0.5, 0.6) is 0 Å². The molecule has 1 aliphatic heterocycles. The van der Waals surface area contributed by atoms with Gasteiger partial charge in [0.15, 0.2) is 0 Å². The van der Waals surface area contributed by atoms with E-state index in [0.717, 1.165) is 52.7 Å². The Morgan fingerprint density at radius 3 is 2.71 bits per heavy atom. The second-order valence-corrected chi connectivity index (χ2v) is 8.44. The summed E-state index contributed by atoms with van der Waals surface area (Å²) in [5.41, 5.74) is 7.88. The van der Waals surface area contributed by atoms with Crippen LogP contribution in [0.4, 0.5) is 13.2 Å². The first kappa shape index (κ1) is 22.6. The number of nitriles is 1. The molecule has 0 radical (unpaired) electrons. The van der Waals surface area contributed by atoms with Crippen LogP contribution in [0.3, 0.4) is 0 Å². The fraction of sp³-hybridized carbons (Fsp3) is 0.150. The molecule has 0 spiro atoms. The van der Waals surface area contributed by atoms with Gasteiger partial charge in [0.1, 0.15) is 9.40 Å². The van der Waals surface area contributed by atoms with E-state index in [1.54, 1.807) is 19.3 Å². The van der Waals surface area contributed by atoms with E-state index in [9.17, 15) is 18.4 Å². The van der Waals surface area contributed by atoms with Crippen LogP contribution >= 0.6 is 23.5 Å². The number of pyridine rings is 1. The van der Waals surface area contributed by atoms with Crippen molar-refractivity contribution in [3.63, 3.8) is 0 Å². The van der Waals surface area contributed by atoms with Gasteiger partial charge in [-0.05, 0) is 47.7 Å². The summed E-state index contributed by atoms with van der Waals surface area (Å²) in [5, 5.41) is 21.1. The number of hydrogen-bond acceptors (Lipinski definition) is 8. The van der Waals surface area contributed by atoms with Gasteiger partial charge in [0.25, 0.3) is 0 Å². The predicted octanol–water partition coefficient (Wildman–Crippen LogP) is 4.41. The third-order valence-corrected chi connectivity index (χ3v) is 6.20. The largest absolute Gasteiger partial charge is 0.416 e. The number of nitrogens with one attached hydrogen (secondary N) is 4. The lowest BCUT2D eigenvalue weighted by atomic mass is 10.1. The SMILES string of the molecule is CNC1=C(SC(=N)SCc2ccc(C(F)(F)F)cc2C#N)NNC(c2ccccn2)=C1. The minimum atomic E-state index is -4.50. The van der Waals surface area contributed by atoms with Crippen molar-refractivity contribution in [1.29, 1.82) is 10.7 Å². The van der Waals surface area contributed by atoms with E-state index >= 15 is 0 Å². The molecule has 0 saturated carbocycles. The third-order valence-electron chi connectivity index (χ3n) is 4.17. The van der Waals surface area contributed by atoms with Gasteiger partial charge in [-0.25, -0.2) is 0 Å². The first-order valence-corrected chi connectivity index (χ1v) is 10.7. The van der Waals surface area contributed by atoms with Gasteiger partial charge in [-0.2, -0.15) is 18.4 Å². The van der Waals surface area contributed by atoms with Crippen LogP contribution in [-0.4, -0.2) is 16.4 Å². The average Bonchev–Trinajstić information content (AvgIpc) is 2.77. The van der Waals surface area contributed by atoms with Gasteiger partial charge in [-0.15, -0.1) is 0 Å². The quantitative estimate of drug-likeness (QED) is 0.386. The maximum Gasteiger partial charge on any atom is 0.416 e. The third kappa shape index (κ3) is 5.74. The fourth-order valence-corrected chi connectivity index (χ4v) is 4.37. The van der Waals surface area contributed by atoms with Crippen LogP contribution in [0.1, 0.15) is 22.4 Å². The molecule has 0 atom stereocenters. The number of hydrogen-bond donors (Lipinski definition) is 4. The number of alkyl halides is 3. The van der Waals surface area contributed by atoms with Crippen molar-refractivity contribution < 1.29 is 13.2 Å². The van der Waals surface area contributed by atoms with Crippen molar-refractivity contribution in [2.75, 3.05) is 7.05 Å². The highest BCUT2D eigenvalue weighted by atomic mass is 32.2. The lowest BCUT2D eigenvalue weighted by molar-refractivity contribution is -0.137. The molecular weight excluding hydrogens is 445 g/mol. The van der Waals surface area contributed by atoms with Crippen LogP contribution in [0, 0.1) is 16.7 Å². The second kappa shape index (κ2) is 9.80. The lowest BCUT2D eigenvalue weighted by Crippen LogP contribution is -2.35. The molecule has 3 rings (SSSR count). The van der Waals surface area contributed by atoms with E-state index in [-0.39, 0.29) is 15.7 Å². The maximum absolute atomic E-state index is 12.8. The molecule has 4 N–H and O–H groups in total. The second-order valence-electron chi connectivity index (χ2n) is 6.18. The van der Waals surface area contributed by atoms with Gasteiger partial charge in [0, 0.05) is 19.0 Å². The van der Waals surface area contributed by atoms with Crippen molar-refractivity contribution in [2.24, 2.45) is 0 Å². The summed E-state index contributed by atoms with van der Waals surface area (Å²) in [5.74, 6) is 0.206. The Bertz CT molecular complexity index is 1070. The molecule has 0 saturated heterocycles. The van der Waals surface area contributed by atoms with E-state index in [0.29, 0.717) is 10.6 Å². The summed E-state index contributed by atoms with van der Waals surface area (Å²) in [6.45, 7) is 0. The topological polar surface area (TPSA) is 96.6 Å². The molecule has 2 heterocycles. The Morgan fingerprint density at radius 1 is 1.26 bits per heavy atom. The maximum atomic E-state index is 12.8. The number of hydrazine groups is 1. The molecule has 0 unspecified atom stereocenters. The molecule has 0 fully saturated rings. The number of nitrogens with zero attached hydrogens (tertiary/aromatic N) is 2. The highest BCUT2D eigenvalue weighted by Crippen LogP contribution is 2.33. The molecule has 6 nitrogen and oxygen atoms in total. The van der Waals surface area contributed by atoms with Crippen LogP contribution in [0.25, 0.3) is 5.70 Å². The smallest absolute Gasteiger partial charge is 0.386 e. The number of halogens is 3. The zero-order valence-corrected chi connectivity index (χ0v) is 17.8. The van der Waals surface area contributed by atoms with E-state index in [4.69, 9.17) is 5.41 Å². The molecular formula is C20H17F3N6S2. The molecule has 1 aliphatic rings. The minimum absolute atomic E-state index is 0.0457. The summed E-state index contributed by atoms with van der Waals surface area (Å²) in [6.07, 6.45) is -0.951. The van der Waals surface area contributed by atoms with Gasteiger partial charge in [-0.1, -0.05) is 23.9 Å². The van der Waals surface area contributed by atoms with Crippen molar-refractivity contribution in [3.05, 3.63) is 81.8 Å². The van der Waals surface area contributed by atoms with Crippen LogP contribution in [0.15, 0.2) is 59.4 Å². The first-order valence-electron chi connectivity index (χ1n) is 8.88. The van der Waals surface area contributed by atoms with Crippen LogP contribution < -0.4 is 16.2 Å². The molecule has 11 heteroatoms. The summed E-state index contributed by atoms with van der Waals surface area (Å²) < 4.78 is 38.7. The zero-order chi connectivity index (χ0) is 22.4. The van der Waals surface area contributed by atoms with Crippen molar-refractivity contribution >= 4 is 33.6 Å². The number of aromatic nitrogens is 1. The number of allylic oxidation sites excluding steroid dienone is 1. The Kier molecular flexibility index (Phi) is 7.14. The van der Waals surface area contributed by atoms with Crippen LogP contribution in [-0.2, 0) is 11.9 Å². The molecule has 1 aromatic heterocycles. The van der Waals surface area contributed by atoms with Gasteiger partial charge in [-0.3, -0.25) is 21.2 Å². The number of benzene rings is 1. The Balaban J connectivity index is 1.68. The Morgan fingerprint density at radius 2 is 2.06 bits per heavy atom. The van der Waals surface area contributed by atoms with E-state index in [2.05, 4.69) is 21.2 Å². The van der Waals surface area contributed by atoms with E-state index in [1.165, 1.54) is 6.07 Å². The number of likely N-dealkylation sites (N-methyl/N-ethyl adjacent to an activating group) is 1. The first-order chi connectivity index (χ1) is 14.8. The van der Waals surface area contributed by atoms with Crippen molar-refractivity contribution in [3.8, 4) is 6.07 Å². The predicted molar refractivity (Wildman–Crippen MR) is 117 cm³/mol. The van der Waals surface area contributed by atoms with Crippen molar-refractivity contribution in [2.45, 2.75) is 11.9 Å². The summed E-state index contributed by atoms with van der Waals surface area (Å²) in [6, 6.07) is 10.4. The Hall–Kier alpha value is -3.10. The normalized spacial score (nSPS) is 13.6. The van der Waals surface area contributed by atoms with Gasteiger partial charge in [0.2, 0.25) is 0 Å². The van der Waals surface area contributed by atoms with Crippen LogP contribution in [0.2, 0.25) is 0 Å². The molecule has 160 valence electrons.